The Balaban J connectivity index is 1.30. The van der Waals surface area contributed by atoms with Crippen LogP contribution in [0.5, 0.6) is 0 Å². The average molecular weight is 489 g/mol. The van der Waals surface area contributed by atoms with Gasteiger partial charge in [0.25, 0.3) is 0 Å². The number of fused-ring (bicyclic) bond motifs is 3. The van der Waals surface area contributed by atoms with Crippen LogP contribution in [0.1, 0.15) is 40.7 Å². The second-order valence-electron chi connectivity index (χ2n) is 8.26. The summed E-state index contributed by atoms with van der Waals surface area (Å²) in [6.07, 6.45) is -9.43. The van der Waals surface area contributed by atoms with Gasteiger partial charge in [0.05, 0.1) is 11.7 Å². The maximum atomic E-state index is 14.2. The van der Waals surface area contributed by atoms with Crippen molar-refractivity contribution in [1.82, 2.24) is 5.32 Å². The Morgan fingerprint density at radius 2 is 1.54 bits per heavy atom. The Kier molecular flexibility index (Phi) is 7.09. The van der Waals surface area contributed by atoms with Gasteiger partial charge in [0.15, 0.2) is 0 Å². The minimum absolute atomic E-state index is 0.0838. The van der Waals surface area contributed by atoms with Gasteiger partial charge in [-0.1, -0.05) is 60.7 Å². The molecule has 4 rings (SSSR count). The molecule has 0 saturated heterocycles. The van der Waals surface area contributed by atoms with Crippen LogP contribution in [0.15, 0.2) is 66.7 Å². The summed E-state index contributed by atoms with van der Waals surface area (Å²) in [4.78, 5) is 12.2. The standard InChI is InChI=1S/C26H23F4NO4/c27-23-19(10-5-11-21(23)26(28,29)30)24(33)22(32)12-13-31-25(34)35-14-20-17-8-3-1-6-15(17)16-7-2-4-9-18(16)20/h1-11,20,22,24,32-33H,12-14H2,(H,31,34). The Bertz CT molecular complexity index is 1170. The first kappa shape index (κ1) is 24.7. The molecule has 3 aromatic carbocycles. The fourth-order valence-electron chi connectivity index (χ4n) is 4.33. The van der Waals surface area contributed by atoms with Crippen LogP contribution < -0.4 is 5.32 Å². The normalized spacial score (nSPS) is 14.7. The summed E-state index contributed by atoms with van der Waals surface area (Å²) < 4.78 is 58.2. The number of amides is 1. The smallest absolute Gasteiger partial charge is 0.419 e. The number of rotatable bonds is 7. The van der Waals surface area contributed by atoms with E-state index in [1.54, 1.807) is 0 Å². The molecule has 0 bridgehead atoms. The molecule has 0 spiro atoms. The van der Waals surface area contributed by atoms with Crippen LogP contribution in [0.3, 0.4) is 0 Å². The van der Waals surface area contributed by atoms with Crippen molar-refractivity contribution in [3.05, 3.63) is 94.8 Å². The summed E-state index contributed by atoms with van der Waals surface area (Å²) in [5.41, 5.74) is 2.05. The first-order valence-corrected chi connectivity index (χ1v) is 11.0. The first-order valence-electron chi connectivity index (χ1n) is 11.0. The van der Waals surface area contributed by atoms with E-state index in [1.165, 1.54) is 0 Å². The summed E-state index contributed by atoms with van der Waals surface area (Å²) >= 11 is 0. The fourth-order valence-corrected chi connectivity index (χ4v) is 4.33. The maximum Gasteiger partial charge on any atom is 0.419 e. The SMILES string of the molecule is O=C(NCCC(O)C(O)c1cccc(C(F)(F)F)c1F)OCC1c2ccccc2-c2ccccc21. The van der Waals surface area contributed by atoms with E-state index in [-0.39, 0.29) is 25.5 Å². The number of nitrogens with one attached hydrogen (secondary N) is 1. The number of alkyl halides is 3. The molecule has 0 radical (unpaired) electrons. The maximum absolute atomic E-state index is 14.2. The predicted molar refractivity (Wildman–Crippen MR) is 120 cm³/mol. The molecule has 3 aromatic rings. The molecule has 184 valence electrons. The zero-order chi connectivity index (χ0) is 25.2. The van der Waals surface area contributed by atoms with Crippen molar-refractivity contribution in [3.8, 4) is 11.1 Å². The van der Waals surface area contributed by atoms with Crippen molar-refractivity contribution in [1.29, 1.82) is 0 Å². The molecule has 5 nitrogen and oxygen atoms in total. The van der Waals surface area contributed by atoms with Crippen molar-refractivity contribution < 1.29 is 37.3 Å². The van der Waals surface area contributed by atoms with Crippen molar-refractivity contribution in [2.75, 3.05) is 13.2 Å². The van der Waals surface area contributed by atoms with E-state index in [2.05, 4.69) is 5.32 Å². The quantitative estimate of drug-likeness (QED) is 0.401. The Labute approximate surface area is 199 Å². The molecule has 0 aromatic heterocycles. The van der Waals surface area contributed by atoms with Crippen LogP contribution >= 0.6 is 0 Å². The number of benzene rings is 3. The number of ether oxygens (including phenoxy) is 1. The molecule has 9 heteroatoms. The van der Waals surface area contributed by atoms with Crippen LogP contribution in [0.2, 0.25) is 0 Å². The van der Waals surface area contributed by atoms with E-state index in [9.17, 15) is 32.6 Å². The molecule has 1 amide bonds. The van der Waals surface area contributed by atoms with E-state index in [0.29, 0.717) is 6.07 Å². The molecule has 1 aliphatic carbocycles. The number of halogens is 4. The molecule has 1 aliphatic rings. The molecule has 0 aliphatic heterocycles. The number of carbonyl (C=O) groups is 1. The fraction of sp³-hybridized carbons (Fsp3) is 0.269. The highest BCUT2D eigenvalue weighted by Crippen LogP contribution is 2.44. The van der Waals surface area contributed by atoms with Gasteiger partial charge in [-0.3, -0.25) is 0 Å². The second-order valence-corrected chi connectivity index (χ2v) is 8.26. The van der Waals surface area contributed by atoms with Gasteiger partial charge >= 0.3 is 12.3 Å². The zero-order valence-electron chi connectivity index (χ0n) is 18.4. The van der Waals surface area contributed by atoms with Crippen molar-refractivity contribution >= 4 is 6.09 Å². The number of alkyl carbamates (subject to hydrolysis) is 1. The molecule has 3 N–H and O–H groups in total. The largest absolute Gasteiger partial charge is 0.449 e. The third kappa shape index (κ3) is 5.16. The number of aliphatic hydroxyl groups is 2. The van der Waals surface area contributed by atoms with Gasteiger partial charge < -0.3 is 20.3 Å². The molecule has 0 heterocycles. The summed E-state index contributed by atoms with van der Waals surface area (Å²) in [5, 5.41) is 22.7. The lowest BCUT2D eigenvalue weighted by Crippen LogP contribution is -2.31. The molecule has 0 fully saturated rings. The van der Waals surface area contributed by atoms with Crippen molar-refractivity contribution in [3.63, 3.8) is 0 Å². The number of carbonyl (C=O) groups excluding carboxylic acids is 1. The average Bonchev–Trinajstić information content (AvgIpc) is 3.15. The minimum atomic E-state index is -4.93. The van der Waals surface area contributed by atoms with Crippen LogP contribution in [0.25, 0.3) is 11.1 Å². The lowest BCUT2D eigenvalue weighted by molar-refractivity contribution is -0.140. The Morgan fingerprint density at radius 3 is 2.14 bits per heavy atom. The number of hydrogen-bond acceptors (Lipinski definition) is 4. The third-order valence-corrected chi connectivity index (χ3v) is 6.07. The molecule has 0 saturated carbocycles. The topological polar surface area (TPSA) is 78.8 Å². The van der Waals surface area contributed by atoms with Crippen LogP contribution in [0.4, 0.5) is 22.4 Å². The van der Waals surface area contributed by atoms with E-state index >= 15 is 0 Å². The lowest BCUT2D eigenvalue weighted by atomic mass is 9.98. The first-order chi connectivity index (χ1) is 16.7. The monoisotopic (exact) mass is 489 g/mol. The van der Waals surface area contributed by atoms with Crippen LogP contribution in [-0.4, -0.2) is 35.6 Å². The molecule has 2 unspecified atom stereocenters. The van der Waals surface area contributed by atoms with E-state index in [4.69, 9.17) is 4.74 Å². The summed E-state index contributed by atoms with van der Waals surface area (Å²) in [7, 11) is 0. The molecule has 2 atom stereocenters. The third-order valence-electron chi connectivity index (χ3n) is 6.07. The van der Waals surface area contributed by atoms with Gasteiger partial charge in [-0.2, -0.15) is 13.2 Å². The van der Waals surface area contributed by atoms with Crippen LogP contribution in [-0.2, 0) is 10.9 Å². The minimum Gasteiger partial charge on any atom is -0.449 e. The Hall–Kier alpha value is -3.43. The summed E-state index contributed by atoms with van der Waals surface area (Å²) in [6, 6.07) is 18.2. The number of aliphatic hydroxyl groups excluding tert-OH is 2. The predicted octanol–water partition coefficient (Wildman–Crippen LogP) is 5.17. The Morgan fingerprint density at radius 1 is 0.943 bits per heavy atom. The van der Waals surface area contributed by atoms with Gasteiger partial charge in [0.2, 0.25) is 0 Å². The van der Waals surface area contributed by atoms with Gasteiger partial charge in [-0.25, -0.2) is 9.18 Å². The van der Waals surface area contributed by atoms with E-state index < -0.39 is 41.4 Å². The van der Waals surface area contributed by atoms with Gasteiger partial charge in [0, 0.05) is 18.0 Å². The van der Waals surface area contributed by atoms with Gasteiger partial charge in [-0.15, -0.1) is 0 Å². The molecular formula is C26H23F4NO4. The highest BCUT2D eigenvalue weighted by atomic mass is 19.4. The van der Waals surface area contributed by atoms with Crippen molar-refractivity contribution in [2.24, 2.45) is 0 Å². The zero-order valence-corrected chi connectivity index (χ0v) is 18.4. The van der Waals surface area contributed by atoms with E-state index in [0.717, 1.165) is 34.4 Å². The lowest BCUT2D eigenvalue weighted by Gasteiger charge is -2.20. The number of hydrogen-bond donors (Lipinski definition) is 3. The van der Waals surface area contributed by atoms with Gasteiger partial charge in [-0.05, 0) is 34.7 Å². The van der Waals surface area contributed by atoms with Crippen molar-refractivity contribution in [2.45, 2.75) is 30.7 Å². The van der Waals surface area contributed by atoms with Gasteiger partial charge in [0.1, 0.15) is 18.5 Å². The highest BCUT2D eigenvalue weighted by Gasteiger charge is 2.36. The summed E-state index contributed by atoms with van der Waals surface area (Å²) in [6.45, 7) is -0.0596. The second kappa shape index (κ2) is 10.1. The highest BCUT2D eigenvalue weighted by molar-refractivity contribution is 5.79. The molecule has 35 heavy (non-hydrogen) atoms. The van der Waals surface area contributed by atoms with E-state index in [1.807, 2.05) is 48.5 Å². The summed E-state index contributed by atoms with van der Waals surface area (Å²) in [5.74, 6) is -1.78. The molecular weight excluding hydrogens is 466 g/mol. The van der Waals surface area contributed by atoms with Crippen LogP contribution in [0, 0.1) is 5.82 Å².